The number of benzene rings is 1. The Balaban J connectivity index is 2.27. The molecule has 0 fully saturated rings. The molecule has 1 aliphatic heterocycles. The number of carbonyl (C=O) groups is 1. The van der Waals surface area contributed by atoms with Gasteiger partial charge in [0, 0.05) is 14.1 Å². The highest BCUT2D eigenvalue weighted by Crippen LogP contribution is 2.35. The maximum absolute atomic E-state index is 12.2. The molecule has 1 aromatic carbocycles. The zero-order chi connectivity index (χ0) is 14.0. The van der Waals surface area contributed by atoms with Crippen molar-refractivity contribution < 1.29 is 14.3 Å². The van der Waals surface area contributed by atoms with Crippen LogP contribution in [0.1, 0.15) is 19.4 Å². The van der Waals surface area contributed by atoms with E-state index in [4.69, 9.17) is 9.47 Å². The van der Waals surface area contributed by atoms with Crippen LogP contribution in [0.4, 0.5) is 0 Å². The van der Waals surface area contributed by atoms with Crippen molar-refractivity contribution in [3.8, 4) is 11.5 Å². The summed E-state index contributed by atoms with van der Waals surface area (Å²) in [5.41, 5.74) is 3.04. The molecule has 0 saturated heterocycles. The molecule has 0 radical (unpaired) electrons. The number of nitrogens with one attached hydrogen (secondary N) is 1. The van der Waals surface area contributed by atoms with Crippen molar-refractivity contribution in [2.45, 2.75) is 19.3 Å². The van der Waals surface area contributed by atoms with E-state index in [1.807, 2.05) is 32.0 Å². The molecule has 1 amide bonds. The van der Waals surface area contributed by atoms with E-state index in [-0.39, 0.29) is 5.91 Å². The fourth-order valence-electron chi connectivity index (χ4n) is 1.91. The minimum atomic E-state index is -0.639. The minimum absolute atomic E-state index is 0.0609. The first-order valence-electron chi connectivity index (χ1n) is 6.30. The van der Waals surface area contributed by atoms with Crippen LogP contribution < -0.4 is 14.9 Å². The third-order valence-electron chi connectivity index (χ3n) is 3.16. The lowest BCUT2D eigenvalue weighted by atomic mass is 9.83. The number of amides is 1. The van der Waals surface area contributed by atoms with Crippen LogP contribution in [0.25, 0.3) is 0 Å². The van der Waals surface area contributed by atoms with Crippen molar-refractivity contribution in [3.63, 3.8) is 0 Å². The predicted octanol–water partition coefficient (Wildman–Crippen LogP) is 1.33. The molecule has 0 unspecified atom stereocenters. The summed E-state index contributed by atoms with van der Waals surface area (Å²) in [6, 6.07) is 5.64. The lowest BCUT2D eigenvalue weighted by Gasteiger charge is -2.28. The number of fused-ring (bicyclic) bond motifs is 1. The highest BCUT2D eigenvalue weighted by molar-refractivity contribution is 5.87. The Morgan fingerprint density at radius 2 is 1.84 bits per heavy atom. The van der Waals surface area contributed by atoms with Gasteiger partial charge in [-0.05, 0) is 31.5 Å². The zero-order valence-corrected chi connectivity index (χ0v) is 11.8. The summed E-state index contributed by atoms with van der Waals surface area (Å²) >= 11 is 0. The third kappa shape index (κ3) is 2.81. The molecule has 5 nitrogen and oxygen atoms in total. The van der Waals surface area contributed by atoms with E-state index in [1.165, 1.54) is 0 Å². The molecule has 0 aromatic heterocycles. The van der Waals surface area contributed by atoms with Crippen molar-refractivity contribution in [2.75, 3.05) is 27.3 Å². The lowest BCUT2D eigenvalue weighted by Crippen LogP contribution is -2.46. The standard InChI is InChI=1S/C14H20N2O3/c1-14(2,13(17)15-16(3)4)10-5-6-11-12(9-10)19-8-7-18-11/h5-6,9H,7-8H2,1-4H3,(H,15,17). The topological polar surface area (TPSA) is 50.8 Å². The third-order valence-corrected chi connectivity index (χ3v) is 3.16. The maximum Gasteiger partial charge on any atom is 0.244 e. The molecule has 0 saturated carbocycles. The van der Waals surface area contributed by atoms with Gasteiger partial charge in [0.2, 0.25) is 5.91 Å². The van der Waals surface area contributed by atoms with E-state index in [0.717, 1.165) is 11.3 Å². The maximum atomic E-state index is 12.2. The number of hydrogen-bond acceptors (Lipinski definition) is 4. The number of ether oxygens (including phenoxy) is 2. The van der Waals surface area contributed by atoms with Gasteiger partial charge >= 0.3 is 0 Å². The van der Waals surface area contributed by atoms with Crippen LogP contribution in [0.3, 0.4) is 0 Å². The average Bonchev–Trinajstić information content (AvgIpc) is 2.37. The molecule has 5 heteroatoms. The number of hydrazine groups is 1. The van der Waals surface area contributed by atoms with Gasteiger partial charge in [-0.2, -0.15) is 0 Å². The largest absolute Gasteiger partial charge is 0.486 e. The molecule has 0 aliphatic carbocycles. The summed E-state index contributed by atoms with van der Waals surface area (Å²) in [6.07, 6.45) is 0. The van der Waals surface area contributed by atoms with E-state index < -0.39 is 5.41 Å². The molecule has 0 spiro atoms. The monoisotopic (exact) mass is 264 g/mol. The van der Waals surface area contributed by atoms with Crippen molar-refractivity contribution in [3.05, 3.63) is 23.8 Å². The molecular weight excluding hydrogens is 244 g/mol. The van der Waals surface area contributed by atoms with Crippen LogP contribution in [0, 0.1) is 0 Å². The fraction of sp³-hybridized carbons (Fsp3) is 0.500. The Kier molecular flexibility index (Phi) is 3.66. The SMILES string of the molecule is CN(C)NC(=O)C(C)(C)c1ccc2c(c1)OCCO2. The molecule has 1 heterocycles. The van der Waals surface area contributed by atoms with Gasteiger partial charge in [0.25, 0.3) is 0 Å². The number of hydrogen-bond donors (Lipinski definition) is 1. The smallest absolute Gasteiger partial charge is 0.244 e. The van der Waals surface area contributed by atoms with Gasteiger partial charge in [0.05, 0.1) is 5.41 Å². The zero-order valence-electron chi connectivity index (χ0n) is 11.8. The summed E-state index contributed by atoms with van der Waals surface area (Å²) < 4.78 is 11.0. The Hall–Kier alpha value is -1.75. The Labute approximate surface area is 113 Å². The van der Waals surface area contributed by atoms with Crippen LogP contribution in [0.2, 0.25) is 0 Å². The van der Waals surface area contributed by atoms with E-state index in [0.29, 0.717) is 19.0 Å². The van der Waals surface area contributed by atoms with Crippen molar-refractivity contribution in [1.29, 1.82) is 0 Å². The Morgan fingerprint density at radius 1 is 1.21 bits per heavy atom. The highest BCUT2D eigenvalue weighted by atomic mass is 16.6. The van der Waals surface area contributed by atoms with Gasteiger partial charge in [-0.1, -0.05) is 6.07 Å². The molecule has 0 atom stereocenters. The van der Waals surface area contributed by atoms with Crippen molar-refractivity contribution in [1.82, 2.24) is 10.4 Å². The molecule has 1 N–H and O–H groups in total. The quantitative estimate of drug-likeness (QED) is 0.837. The Morgan fingerprint density at radius 3 is 2.47 bits per heavy atom. The van der Waals surface area contributed by atoms with Crippen molar-refractivity contribution in [2.24, 2.45) is 0 Å². The van der Waals surface area contributed by atoms with Crippen LogP contribution in [-0.2, 0) is 10.2 Å². The molecule has 19 heavy (non-hydrogen) atoms. The molecule has 1 aromatic rings. The van der Waals surface area contributed by atoms with Crippen molar-refractivity contribution >= 4 is 5.91 Å². The first-order chi connectivity index (χ1) is 8.91. The van der Waals surface area contributed by atoms with E-state index in [2.05, 4.69) is 5.43 Å². The van der Waals surface area contributed by atoms with Gasteiger partial charge in [0.15, 0.2) is 11.5 Å². The summed E-state index contributed by atoms with van der Waals surface area (Å²) in [7, 11) is 3.58. The minimum Gasteiger partial charge on any atom is -0.486 e. The first kappa shape index (κ1) is 13.7. The molecule has 0 bridgehead atoms. The van der Waals surface area contributed by atoms with Crippen LogP contribution in [0.15, 0.2) is 18.2 Å². The first-order valence-corrected chi connectivity index (χ1v) is 6.30. The highest BCUT2D eigenvalue weighted by Gasteiger charge is 2.31. The van der Waals surface area contributed by atoms with E-state index in [1.54, 1.807) is 19.1 Å². The molecule has 104 valence electrons. The van der Waals surface area contributed by atoms with Crippen LogP contribution >= 0.6 is 0 Å². The Bertz CT molecular complexity index is 484. The molecular formula is C14H20N2O3. The summed E-state index contributed by atoms with van der Waals surface area (Å²) in [4.78, 5) is 12.2. The predicted molar refractivity (Wildman–Crippen MR) is 72.3 cm³/mol. The average molecular weight is 264 g/mol. The summed E-state index contributed by atoms with van der Waals surface area (Å²) in [5.74, 6) is 1.38. The summed E-state index contributed by atoms with van der Waals surface area (Å²) in [5, 5.41) is 1.64. The number of carbonyl (C=O) groups excluding carboxylic acids is 1. The fourth-order valence-corrected chi connectivity index (χ4v) is 1.91. The van der Waals surface area contributed by atoms with Gasteiger partial charge in [-0.3, -0.25) is 10.2 Å². The van der Waals surface area contributed by atoms with Gasteiger partial charge in [0.1, 0.15) is 13.2 Å². The van der Waals surface area contributed by atoms with Crippen LogP contribution in [-0.4, -0.2) is 38.2 Å². The normalized spacial score (nSPS) is 14.4. The summed E-state index contributed by atoms with van der Waals surface area (Å²) in [6.45, 7) is 4.88. The van der Waals surface area contributed by atoms with Gasteiger partial charge < -0.3 is 9.47 Å². The second kappa shape index (κ2) is 5.09. The number of rotatable bonds is 3. The van der Waals surface area contributed by atoms with Crippen LogP contribution in [0.5, 0.6) is 11.5 Å². The lowest BCUT2D eigenvalue weighted by molar-refractivity contribution is -0.129. The van der Waals surface area contributed by atoms with E-state index >= 15 is 0 Å². The number of nitrogens with zero attached hydrogens (tertiary/aromatic N) is 1. The van der Waals surface area contributed by atoms with E-state index in [9.17, 15) is 4.79 Å². The van der Waals surface area contributed by atoms with Gasteiger partial charge in [-0.15, -0.1) is 0 Å². The van der Waals surface area contributed by atoms with Gasteiger partial charge in [-0.25, -0.2) is 5.01 Å². The molecule has 1 aliphatic rings. The second-order valence-corrected chi connectivity index (χ2v) is 5.32. The molecule has 2 rings (SSSR count). The second-order valence-electron chi connectivity index (χ2n) is 5.32.